The van der Waals surface area contributed by atoms with E-state index in [2.05, 4.69) is 27.5 Å². The van der Waals surface area contributed by atoms with Crippen molar-refractivity contribution in [2.75, 3.05) is 22.9 Å². The molecule has 2 aromatic carbocycles. The van der Waals surface area contributed by atoms with Gasteiger partial charge in [0.05, 0.1) is 0 Å². The van der Waals surface area contributed by atoms with Gasteiger partial charge in [-0.15, -0.1) is 11.8 Å². The van der Waals surface area contributed by atoms with E-state index in [4.69, 9.17) is 5.73 Å². The molecule has 0 saturated heterocycles. The molecule has 140 valence electrons. The summed E-state index contributed by atoms with van der Waals surface area (Å²) in [6, 6.07) is 14.0. The Bertz CT molecular complexity index is 903. The van der Waals surface area contributed by atoms with Crippen molar-refractivity contribution >= 4 is 34.9 Å². The van der Waals surface area contributed by atoms with Gasteiger partial charge in [-0.2, -0.15) is 4.98 Å². The van der Waals surface area contributed by atoms with Gasteiger partial charge < -0.3 is 16.4 Å². The molecular formula is C20H22FN5S. The zero-order chi connectivity index (χ0) is 19.1. The average molecular weight is 383 g/mol. The number of nitrogens with two attached hydrogens (primary N) is 1. The van der Waals surface area contributed by atoms with Crippen molar-refractivity contribution < 1.29 is 4.39 Å². The average Bonchev–Trinajstić information content (AvgIpc) is 2.65. The Hall–Kier alpha value is -2.80. The summed E-state index contributed by atoms with van der Waals surface area (Å²) in [5.74, 6) is 1.62. The molecule has 0 spiro atoms. The fourth-order valence-corrected chi connectivity index (χ4v) is 3.36. The number of aromatic nitrogens is 2. The van der Waals surface area contributed by atoms with Crippen LogP contribution in [-0.2, 0) is 5.75 Å². The molecule has 3 aromatic rings. The Kier molecular flexibility index (Phi) is 6.49. The van der Waals surface area contributed by atoms with Crippen molar-refractivity contribution in [3.05, 3.63) is 66.1 Å². The molecule has 5 nitrogen and oxygen atoms in total. The van der Waals surface area contributed by atoms with E-state index < -0.39 is 0 Å². The van der Waals surface area contributed by atoms with Gasteiger partial charge in [0.25, 0.3) is 0 Å². The minimum atomic E-state index is -0.306. The molecular weight excluding hydrogens is 361 g/mol. The third kappa shape index (κ3) is 5.59. The molecule has 0 saturated carbocycles. The van der Waals surface area contributed by atoms with E-state index in [1.165, 1.54) is 12.1 Å². The van der Waals surface area contributed by atoms with Crippen molar-refractivity contribution in [1.82, 2.24) is 9.97 Å². The lowest BCUT2D eigenvalue weighted by Crippen LogP contribution is -2.08. The van der Waals surface area contributed by atoms with Gasteiger partial charge in [-0.3, -0.25) is 0 Å². The molecule has 1 aromatic heterocycles. The second kappa shape index (κ2) is 9.23. The van der Waals surface area contributed by atoms with Crippen molar-refractivity contribution in [3.8, 4) is 0 Å². The maximum Gasteiger partial charge on any atom is 0.229 e. The van der Waals surface area contributed by atoms with Crippen LogP contribution in [0.3, 0.4) is 0 Å². The van der Waals surface area contributed by atoms with Gasteiger partial charge in [0.2, 0.25) is 5.95 Å². The maximum atomic E-state index is 13.4. The molecule has 0 unspecified atom stereocenters. The van der Waals surface area contributed by atoms with Crippen LogP contribution in [0.1, 0.15) is 18.9 Å². The topological polar surface area (TPSA) is 75.9 Å². The highest BCUT2D eigenvalue weighted by atomic mass is 32.2. The number of hydrogen-bond acceptors (Lipinski definition) is 6. The first-order valence-corrected chi connectivity index (χ1v) is 9.73. The molecule has 0 bridgehead atoms. The predicted molar refractivity (Wildman–Crippen MR) is 111 cm³/mol. The highest BCUT2D eigenvalue weighted by Crippen LogP contribution is 2.27. The van der Waals surface area contributed by atoms with Crippen LogP contribution in [0.25, 0.3) is 0 Å². The number of nitrogens with one attached hydrogen (secondary N) is 2. The number of anilines is 4. The van der Waals surface area contributed by atoms with Crippen molar-refractivity contribution in [2.45, 2.75) is 24.0 Å². The molecule has 0 aliphatic carbocycles. The highest BCUT2D eigenvalue weighted by Gasteiger charge is 2.09. The fraction of sp³-hybridized carbons (Fsp3) is 0.200. The minimum Gasteiger partial charge on any atom is -0.399 e. The molecule has 27 heavy (non-hydrogen) atoms. The van der Waals surface area contributed by atoms with Crippen LogP contribution in [-0.4, -0.2) is 16.5 Å². The summed E-state index contributed by atoms with van der Waals surface area (Å²) in [6.07, 6.45) is 2.78. The Morgan fingerprint density at radius 3 is 2.78 bits per heavy atom. The minimum absolute atomic E-state index is 0.306. The van der Waals surface area contributed by atoms with E-state index >= 15 is 0 Å². The normalized spacial score (nSPS) is 10.6. The first-order chi connectivity index (χ1) is 13.1. The van der Waals surface area contributed by atoms with Crippen LogP contribution in [0.2, 0.25) is 0 Å². The second-order valence-corrected chi connectivity index (χ2v) is 7.04. The molecule has 1 heterocycles. The summed E-state index contributed by atoms with van der Waals surface area (Å²) >= 11 is 1.68. The molecule has 4 N–H and O–H groups in total. The zero-order valence-electron chi connectivity index (χ0n) is 15.1. The summed E-state index contributed by atoms with van der Waals surface area (Å²) < 4.78 is 13.4. The van der Waals surface area contributed by atoms with Gasteiger partial charge >= 0.3 is 0 Å². The number of thioether (sulfide) groups is 1. The summed E-state index contributed by atoms with van der Waals surface area (Å²) in [7, 11) is 0. The van der Waals surface area contributed by atoms with Crippen LogP contribution in [0.5, 0.6) is 0 Å². The number of hydrogen-bond donors (Lipinski definition) is 3. The molecule has 0 aliphatic heterocycles. The Balaban J connectivity index is 1.76. The smallest absolute Gasteiger partial charge is 0.229 e. The quantitative estimate of drug-likeness (QED) is 0.373. The van der Waals surface area contributed by atoms with E-state index in [0.717, 1.165) is 40.7 Å². The number of rotatable bonds is 8. The second-order valence-electron chi connectivity index (χ2n) is 5.99. The first-order valence-electron chi connectivity index (χ1n) is 8.75. The number of benzene rings is 2. The summed E-state index contributed by atoms with van der Waals surface area (Å²) in [5.41, 5.74) is 8.20. The molecule has 7 heteroatoms. The van der Waals surface area contributed by atoms with E-state index in [0.29, 0.717) is 11.6 Å². The third-order valence-corrected chi connectivity index (χ3v) is 4.78. The molecule has 0 radical (unpaired) electrons. The lowest BCUT2D eigenvalue weighted by Gasteiger charge is -2.13. The highest BCUT2D eigenvalue weighted by molar-refractivity contribution is 7.98. The van der Waals surface area contributed by atoms with Crippen LogP contribution in [0, 0.1) is 5.82 Å². The van der Waals surface area contributed by atoms with Crippen molar-refractivity contribution in [2.24, 2.45) is 0 Å². The summed E-state index contributed by atoms with van der Waals surface area (Å²) in [6.45, 7) is 2.91. The summed E-state index contributed by atoms with van der Waals surface area (Å²) in [4.78, 5) is 10.0. The van der Waals surface area contributed by atoms with Gasteiger partial charge in [0.1, 0.15) is 11.6 Å². The van der Waals surface area contributed by atoms with Gasteiger partial charge in [-0.1, -0.05) is 19.1 Å². The molecule has 0 amide bonds. The first kappa shape index (κ1) is 19.0. The number of halogens is 1. The lowest BCUT2D eigenvalue weighted by molar-refractivity contribution is 0.628. The monoisotopic (exact) mass is 383 g/mol. The maximum absolute atomic E-state index is 13.4. The Morgan fingerprint density at radius 2 is 2.00 bits per heavy atom. The van der Waals surface area contributed by atoms with Gasteiger partial charge in [-0.05, 0) is 42.8 Å². The standard InChI is InChI=1S/C20H22FN5S/c1-2-9-23-19-14(13-27-18-8-4-6-16(22)11-18)12-24-20(26-19)25-17-7-3-5-15(21)10-17/h3-8,10-12H,2,9,13,22H2,1H3,(H2,23,24,25,26). The number of nitrogens with zero attached hydrogens (tertiary/aromatic N) is 2. The SMILES string of the molecule is CCCNc1nc(Nc2cccc(F)c2)ncc1CSc1cccc(N)c1. The lowest BCUT2D eigenvalue weighted by atomic mass is 10.3. The van der Waals surface area contributed by atoms with Crippen LogP contribution >= 0.6 is 11.8 Å². The van der Waals surface area contributed by atoms with Crippen LogP contribution < -0.4 is 16.4 Å². The Labute approximate surface area is 162 Å². The molecule has 0 atom stereocenters. The van der Waals surface area contributed by atoms with Gasteiger partial charge in [0, 0.05) is 40.3 Å². The zero-order valence-corrected chi connectivity index (χ0v) is 15.9. The van der Waals surface area contributed by atoms with Crippen LogP contribution in [0.15, 0.2) is 59.6 Å². The summed E-state index contributed by atoms with van der Waals surface area (Å²) in [5, 5.41) is 6.39. The van der Waals surface area contributed by atoms with Crippen molar-refractivity contribution in [3.63, 3.8) is 0 Å². The third-order valence-electron chi connectivity index (χ3n) is 3.74. The van der Waals surface area contributed by atoms with E-state index in [1.807, 2.05) is 24.3 Å². The number of nitrogen functional groups attached to an aromatic ring is 1. The van der Waals surface area contributed by atoms with Crippen LogP contribution in [0.4, 0.5) is 27.5 Å². The van der Waals surface area contributed by atoms with Crippen molar-refractivity contribution in [1.29, 1.82) is 0 Å². The molecule has 0 fully saturated rings. The van der Waals surface area contributed by atoms with Gasteiger partial charge in [0.15, 0.2) is 0 Å². The molecule has 0 aliphatic rings. The largest absolute Gasteiger partial charge is 0.399 e. The van der Waals surface area contributed by atoms with E-state index in [9.17, 15) is 4.39 Å². The molecule has 3 rings (SSSR count). The van der Waals surface area contributed by atoms with E-state index in [1.54, 1.807) is 30.1 Å². The van der Waals surface area contributed by atoms with E-state index in [-0.39, 0.29) is 5.82 Å². The van der Waals surface area contributed by atoms with Gasteiger partial charge in [-0.25, -0.2) is 9.37 Å². The Morgan fingerprint density at radius 1 is 1.15 bits per heavy atom. The predicted octanol–water partition coefficient (Wildman–Crippen LogP) is 5.06. The fourth-order valence-electron chi connectivity index (χ4n) is 2.43.